The first-order valence-corrected chi connectivity index (χ1v) is 17.9. The topological polar surface area (TPSA) is 8.17 Å². The average Bonchev–Trinajstić information content (AvgIpc) is 3.73. The molecule has 2 heteroatoms. The fraction of sp³-hybridized carbons (Fsp3) is 0. The standard InChI is InChI=1S/C54H38N2/c1-4-13-39(14-5-1)41-23-30-48(31-24-41)55(49-32-25-42(26-33-49)45-18-12-17-44(37-45)40-15-6-2-7-16-40)50-34-27-43(28-35-50)46-29-36-54-52(38-46)51-21-10-11-22-53(51)56(54)47-19-8-3-9-20-47/h1-38H/i2D,6D,7D,12D,15D,16D,17D,18D,25D,26D,27D,28D,32D,33D,34D,35D. The first-order valence-electron chi connectivity index (χ1n) is 25.9. The van der Waals surface area contributed by atoms with Crippen LogP contribution in [0, 0.1) is 0 Å². The van der Waals surface area contributed by atoms with Crippen LogP contribution in [0.4, 0.5) is 17.1 Å². The van der Waals surface area contributed by atoms with Gasteiger partial charge in [0.15, 0.2) is 0 Å². The monoisotopic (exact) mass is 730 g/mol. The van der Waals surface area contributed by atoms with Crippen LogP contribution in [0.2, 0.25) is 0 Å². The van der Waals surface area contributed by atoms with E-state index >= 15 is 0 Å². The summed E-state index contributed by atoms with van der Waals surface area (Å²) in [4.78, 5) is 1.16. The SMILES string of the molecule is [2H]c1c(-c2c([2H])c([2H])c([2H])c([2H])c2[2H])cc(-c2c([2H])c([2H])c(N(c3ccc(-c4ccccc4)cc3)c3c([2H])c([2H])c(-c4ccc5c(c4)c4ccccc4n5-c4ccccc4)c([2H])c3[2H])c([2H])c2[2H])c([2H])c1[2H]. The summed E-state index contributed by atoms with van der Waals surface area (Å²) < 4.78 is 147. The van der Waals surface area contributed by atoms with Crippen LogP contribution in [-0.4, -0.2) is 4.57 Å². The van der Waals surface area contributed by atoms with Gasteiger partial charge in [-0.25, -0.2) is 0 Å². The smallest absolute Gasteiger partial charge is 0.0645 e. The third-order valence-corrected chi connectivity index (χ3v) is 9.60. The number of nitrogens with zero attached hydrogens (tertiary/aromatic N) is 2. The van der Waals surface area contributed by atoms with E-state index in [1.807, 2.05) is 97.1 Å². The van der Waals surface area contributed by atoms with E-state index in [1.165, 1.54) is 0 Å². The van der Waals surface area contributed by atoms with Crippen molar-refractivity contribution >= 4 is 38.9 Å². The van der Waals surface area contributed by atoms with Gasteiger partial charge in [0.1, 0.15) is 0 Å². The van der Waals surface area contributed by atoms with Crippen LogP contribution in [0.3, 0.4) is 0 Å². The molecule has 0 saturated carbocycles. The van der Waals surface area contributed by atoms with Gasteiger partial charge in [-0.2, -0.15) is 0 Å². The Hall–Kier alpha value is -7.42. The fourth-order valence-corrected chi connectivity index (χ4v) is 6.94. The molecule has 0 aliphatic rings. The summed E-state index contributed by atoms with van der Waals surface area (Å²) in [5.74, 6) is 0. The number of rotatable bonds is 8. The first kappa shape index (κ1) is 20.3. The second kappa shape index (κ2) is 14.4. The third-order valence-electron chi connectivity index (χ3n) is 9.60. The van der Waals surface area contributed by atoms with Gasteiger partial charge in [-0.15, -0.1) is 0 Å². The zero-order valence-corrected chi connectivity index (χ0v) is 29.6. The van der Waals surface area contributed by atoms with Gasteiger partial charge in [0, 0.05) is 33.5 Å². The Balaban J connectivity index is 1.19. The van der Waals surface area contributed by atoms with E-state index in [1.54, 1.807) is 30.3 Å². The van der Waals surface area contributed by atoms with E-state index in [2.05, 4.69) is 4.57 Å². The number of hydrogen-bond acceptors (Lipinski definition) is 1. The number of benzene rings is 9. The van der Waals surface area contributed by atoms with Gasteiger partial charge in [-0.1, -0.05) is 157 Å². The molecule has 0 N–H and O–H groups in total. The van der Waals surface area contributed by atoms with Crippen LogP contribution in [0.5, 0.6) is 0 Å². The van der Waals surface area contributed by atoms with Crippen LogP contribution >= 0.6 is 0 Å². The number of para-hydroxylation sites is 2. The van der Waals surface area contributed by atoms with E-state index in [-0.39, 0.29) is 22.5 Å². The van der Waals surface area contributed by atoms with Crippen molar-refractivity contribution < 1.29 is 21.9 Å². The largest absolute Gasteiger partial charge is 0.311 e. The summed E-state index contributed by atoms with van der Waals surface area (Å²) in [6.45, 7) is 0. The molecule has 0 radical (unpaired) electrons. The molecule has 1 aromatic heterocycles. The van der Waals surface area contributed by atoms with Gasteiger partial charge >= 0.3 is 0 Å². The highest BCUT2D eigenvalue weighted by atomic mass is 15.1. The number of hydrogen-bond donors (Lipinski definition) is 0. The zero-order chi connectivity index (χ0) is 51.2. The molecule has 10 rings (SSSR count). The lowest BCUT2D eigenvalue weighted by atomic mass is 9.98. The van der Waals surface area contributed by atoms with Crippen LogP contribution in [0.25, 0.3) is 72.0 Å². The number of aromatic nitrogens is 1. The van der Waals surface area contributed by atoms with E-state index in [0.29, 0.717) is 5.56 Å². The lowest BCUT2D eigenvalue weighted by Gasteiger charge is -2.26. The molecular formula is C54H38N2. The molecule has 1 heterocycles. The molecule has 9 aromatic carbocycles. The molecule has 56 heavy (non-hydrogen) atoms. The maximum Gasteiger partial charge on any atom is 0.0645 e. The van der Waals surface area contributed by atoms with E-state index in [0.717, 1.165) is 49.6 Å². The molecule has 0 amide bonds. The van der Waals surface area contributed by atoms with Gasteiger partial charge in [0.25, 0.3) is 0 Å². The molecule has 0 spiro atoms. The predicted molar refractivity (Wildman–Crippen MR) is 237 cm³/mol. The van der Waals surface area contributed by atoms with Crippen molar-refractivity contribution in [3.63, 3.8) is 0 Å². The molecule has 0 atom stereocenters. The molecule has 10 aromatic rings. The van der Waals surface area contributed by atoms with Crippen LogP contribution in [0.1, 0.15) is 21.9 Å². The van der Waals surface area contributed by atoms with Gasteiger partial charge in [0.05, 0.1) is 33.0 Å². The van der Waals surface area contributed by atoms with Crippen LogP contribution in [0.15, 0.2) is 230 Å². The molecule has 0 saturated heterocycles. The lowest BCUT2D eigenvalue weighted by Crippen LogP contribution is -2.09. The second-order valence-electron chi connectivity index (χ2n) is 13.0. The quantitative estimate of drug-likeness (QED) is 0.151. The Labute approximate surface area is 350 Å². The van der Waals surface area contributed by atoms with Crippen molar-refractivity contribution in [2.75, 3.05) is 4.90 Å². The second-order valence-corrected chi connectivity index (χ2v) is 13.0. The summed E-state index contributed by atoms with van der Waals surface area (Å²) in [5, 5.41) is 1.71. The molecule has 0 unspecified atom stereocenters. The Morgan fingerprint density at radius 3 is 1.52 bits per heavy atom. The lowest BCUT2D eigenvalue weighted by molar-refractivity contribution is 1.18. The minimum absolute atomic E-state index is 0.0107. The molecule has 0 aliphatic carbocycles. The fourth-order valence-electron chi connectivity index (χ4n) is 6.94. The van der Waals surface area contributed by atoms with Crippen molar-refractivity contribution in [3.05, 3.63) is 230 Å². The molecule has 0 fully saturated rings. The van der Waals surface area contributed by atoms with Crippen molar-refractivity contribution in [1.82, 2.24) is 4.57 Å². The Morgan fingerprint density at radius 1 is 0.321 bits per heavy atom. The Kier molecular flexibility index (Phi) is 5.23. The van der Waals surface area contributed by atoms with Gasteiger partial charge < -0.3 is 9.47 Å². The normalized spacial score (nSPS) is 15.2. The zero-order valence-electron chi connectivity index (χ0n) is 45.6. The maximum absolute atomic E-state index is 9.63. The van der Waals surface area contributed by atoms with Crippen molar-refractivity contribution in [2.24, 2.45) is 0 Å². The maximum atomic E-state index is 9.63. The third kappa shape index (κ3) is 6.24. The van der Waals surface area contributed by atoms with Crippen molar-refractivity contribution in [3.8, 4) is 50.2 Å². The first-order chi connectivity index (χ1) is 34.4. The van der Waals surface area contributed by atoms with E-state index in [9.17, 15) is 11.0 Å². The molecule has 0 bridgehead atoms. The minimum atomic E-state index is -0.764. The number of fused-ring (bicyclic) bond motifs is 3. The van der Waals surface area contributed by atoms with Gasteiger partial charge in [-0.3, -0.25) is 0 Å². The summed E-state index contributed by atoms with van der Waals surface area (Å²) in [6.07, 6.45) is 0. The molecule has 2 nitrogen and oxygen atoms in total. The highest BCUT2D eigenvalue weighted by molar-refractivity contribution is 6.10. The van der Waals surface area contributed by atoms with Gasteiger partial charge in [-0.05, 0) is 117 Å². The molecule has 264 valence electrons. The van der Waals surface area contributed by atoms with Crippen LogP contribution < -0.4 is 4.90 Å². The van der Waals surface area contributed by atoms with Crippen molar-refractivity contribution in [2.45, 2.75) is 0 Å². The summed E-state index contributed by atoms with van der Waals surface area (Å²) in [5.41, 5.74) is 2.29. The van der Waals surface area contributed by atoms with Crippen LogP contribution in [-0.2, 0) is 0 Å². The van der Waals surface area contributed by atoms with Crippen molar-refractivity contribution in [1.29, 1.82) is 0 Å². The Morgan fingerprint density at radius 2 is 0.839 bits per heavy atom. The van der Waals surface area contributed by atoms with E-state index in [4.69, 9.17) is 11.0 Å². The number of anilines is 3. The Bertz CT molecular complexity index is 3790. The minimum Gasteiger partial charge on any atom is -0.311 e. The van der Waals surface area contributed by atoms with Gasteiger partial charge in [0.2, 0.25) is 0 Å². The highest BCUT2D eigenvalue weighted by Crippen LogP contribution is 2.39. The van der Waals surface area contributed by atoms with E-state index < -0.39 is 119 Å². The highest BCUT2D eigenvalue weighted by Gasteiger charge is 2.16. The summed E-state index contributed by atoms with van der Waals surface area (Å²) in [6, 6.07) is 29.7. The molecule has 0 aliphatic heterocycles. The average molecular weight is 731 g/mol. The summed E-state index contributed by atoms with van der Waals surface area (Å²) >= 11 is 0. The predicted octanol–water partition coefficient (Wildman–Crippen LogP) is 14.9. The summed E-state index contributed by atoms with van der Waals surface area (Å²) in [7, 11) is 0. The molecular weight excluding hydrogens is 677 g/mol.